The van der Waals surface area contributed by atoms with E-state index in [0.29, 0.717) is 16.6 Å². The van der Waals surface area contributed by atoms with Crippen LogP contribution >= 0.6 is 11.8 Å². The molecule has 6 heteroatoms. The number of aliphatic imine (C=N–C) groups is 1. The third kappa shape index (κ3) is 5.46. The minimum absolute atomic E-state index is 0.00508. The number of amidine groups is 1. The number of nitrogens with zero attached hydrogens (tertiary/aromatic N) is 3. The third-order valence-corrected chi connectivity index (χ3v) is 8.03. The van der Waals surface area contributed by atoms with Crippen LogP contribution in [0.1, 0.15) is 56.1 Å². The Balaban J connectivity index is 1.47. The van der Waals surface area contributed by atoms with Crippen LogP contribution in [-0.4, -0.2) is 39.8 Å². The maximum Gasteiger partial charge on any atom is 0.266 e. The van der Waals surface area contributed by atoms with E-state index < -0.39 is 0 Å². The Kier molecular flexibility index (Phi) is 7.15. The lowest BCUT2D eigenvalue weighted by Crippen LogP contribution is -2.36. The number of amides is 1. The maximum atomic E-state index is 13.6. The fourth-order valence-electron chi connectivity index (χ4n) is 4.94. The fourth-order valence-corrected chi connectivity index (χ4v) is 5.94. The fraction of sp³-hybridized carbons (Fsp3) is 0.355. The van der Waals surface area contributed by atoms with E-state index >= 15 is 0 Å². The van der Waals surface area contributed by atoms with Gasteiger partial charge in [-0.1, -0.05) is 51.1 Å². The molecule has 1 atom stereocenters. The summed E-state index contributed by atoms with van der Waals surface area (Å²) in [5, 5.41) is 0.713. The van der Waals surface area contributed by atoms with E-state index in [2.05, 4.69) is 69.5 Å². The van der Waals surface area contributed by atoms with Gasteiger partial charge in [0.05, 0.1) is 23.2 Å². The van der Waals surface area contributed by atoms with Crippen molar-refractivity contribution >= 4 is 34.6 Å². The van der Waals surface area contributed by atoms with E-state index in [1.54, 1.807) is 4.90 Å². The van der Waals surface area contributed by atoms with E-state index in [1.807, 2.05) is 36.4 Å². The largest absolute Gasteiger partial charge is 0.376 e. The first-order valence-electron chi connectivity index (χ1n) is 13.0. The van der Waals surface area contributed by atoms with Gasteiger partial charge in [-0.2, -0.15) is 0 Å². The van der Waals surface area contributed by atoms with E-state index in [4.69, 9.17) is 9.73 Å². The third-order valence-electron chi connectivity index (χ3n) is 7.03. The number of hydrogen-bond acceptors (Lipinski definition) is 4. The van der Waals surface area contributed by atoms with Crippen LogP contribution in [0.4, 0.5) is 5.69 Å². The number of benzene rings is 2. The number of thioether (sulfide) groups is 1. The summed E-state index contributed by atoms with van der Waals surface area (Å²) in [5.74, 6) is -0.00508. The van der Waals surface area contributed by atoms with Crippen molar-refractivity contribution in [1.82, 2.24) is 9.47 Å². The molecule has 5 rings (SSSR count). The zero-order valence-electron chi connectivity index (χ0n) is 22.3. The summed E-state index contributed by atoms with van der Waals surface area (Å²) >= 11 is 1.45. The summed E-state index contributed by atoms with van der Waals surface area (Å²) in [5.41, 5.74) is 6.69. The molecule has 2 aliphatic rings. The summed E-state index contributed by atoms with van der Waals surface area (Å²) < 4.78 is 8.11. The van der Waals surface area contributed by atoms with Crippen molar-refractivity contribution in [1.29, 1.82) is 0 Å². The van der Waals surface area contributed by atoms with E-state index in [9.17, 15) is 4.79 Å². The van der Waals surface area contributed by atoms with Crippen molar-refractivity contribution < 1.29 is 9.53 Å². The number of aryl methyl sites for hydroxylation is 1. The molecule has 0 unspecified atom stereocenters. The molecule has 192 valence electrons. The standard InChI is InChI=1S/C31H35N3O2S/c1-21-18-23(22(2)34(21)26-15-13-24(14-16-26)31(3,4)5)19-28-29(35)33(20-27-12-9-17-36-27)30(37-28)32-25-10-7-6-8-11-25/h6-8,10-11,13-16,18-19,27H,9,12,17,20H2,1-5H3/b28-19-,32-30?/t27-/m1/s1. The molecule has 0 spiro atoms. The Morgan fingerprint density at radius 2 is 1.81 bits per heavy atom. The second kappa shape index (κ2) is 10.3. The molecule has 37 heavy (non-hydrogen) atoms. The summed E-state index contributed by atoms with van der Waals surface area (Å²) in [6, 6.07) is 20.8. The second-order valence-corrected chi connectivity index (χ2v) is 11.9. The normalized spacial score (nSPS) is 20.5. The number of para-hydroxylation sites is 1. The van der Waals surface area contributed by atoms with Crippen molar-refractivity contribution in [3.63, 3.8) is 0 Å². The van der Waals surface area contributed by atoms with Gasteiger partial charge in [-0.15, -0.1) is 0 Å². The monoisotopic (exact) mass is 513 g/mol. The maximum absolute atomic E-state index is 13.6. The molecule has 0 N–H and O–H groups in total. The number of carbonyl (C=O) groups excluding carboxylic acids is 1. The molecule has 1 aromatic heterocycles. The van der Waals surface area contributed by atoms with Crippen LogP contribution in [0.15, 0.2) is 70.6 Å². The molecule has 0 bridgehead atoms. The number of carbonyl (C=O) groups is 1. The van der Waals surface area contributed by atoms with Crippen molar-refractivity contribution in [3.8, 4) is 5.69 Å². The van der Waals surface area contributed by atoms with Gasteiger partial charge in [0.15, 0.2) is 5.17 Å². The summed E-state index contributed by atoms with van der Waals surface area (Å²) in [6.45, 7) is 12.2. The van der Waals surface area contributed by atoms with Crippen molar-refractivity contribution in [2.75, 3.05) is 13.2 Å². The highest BCUT2D eigenvalue weighted by Gasteiger charge is 2.36. The number of hydrogen-bond donors (Lipinski definition) is 0. The molecule has 0 aliphatic carbocycles. The first-order chi connectivity index (χ1) is 17.7. The number of ether oxygens (including phenoxy) is 1. The molecule has 0 radical (unpaired) electrons. The lowest BCUT2D eigenvalue weighted by molar-refractivity contribution is -0.123. The van der Waals surface area contributed by atoms with Crippen molar-refractivity contribution in [2.45, 2.75) is 59.0 Å². The van der Waals surface area contributed by atoms with Crippen LogP contribution in [-0.2, 0) is 14.9 Å². The minimum atomic E-state index is -0.00508. The predicted octanol–water partition coefficient (Wildman–Crippen LogP) is 7.17. The lowest BCUT2D eigenvalue weighted by atomic mass is 9.87. The van der Waals surface area contributed by atoms with Crippen LogP contribution < -0.4 is 0 Å². The SMILES string of the molecule is Cc1cc(/C=C2\SC(=Nc3ccccc3)N(C[C@H]3CCCO3)C2=O)c(C)n1-c1ccc(C(C)(C)C)cc1. The van der Waals surface area contributed by atoms with Gasteiger partial charge in [-0.3, -0.25) is 9.69 Å². The number of rotatable bonds is 5. The average molecular weight is 514 g/mol. The van der Waals surface area contributed by atoms with E-state index in [0.717, 1.165) is 47.8 Å². The Labute approximate surface area is 224 Å². The smallest absolute Gasteiger partial charge is 0.266 e. The van der Waals surface area contributed by atoms with Crippen LogP contribution in [0, 0.1) is 13.8 Å². The molecule has 2 aliphatic heterocycles. The Morgan fingerprint density at radius 1 is 1.08 bits per heavy atom. The Morgan fingerprint density at radius 3 is 2.46 bits per heavy atom. The van der Waals surface area contributed by atoms with Gasteiger partial charge >= 0.3 is 0 Å². The van der Waals surface area contributed by atoms with E-state index in [-0.39, 0.29) is 17.4 Å². The van der Waals surface area contributed by atoms with Crippen molar-refractivity contribution in [2.24, 2.45) is 4.99 Å². The molecule has 0 saturated carbocycles. The molecule has 5 nitrogen and oxygen atoms in total. The highest BCUT2D eigenvalue weighted by molar-refractivity contribution is 8.18. The molecule has 1 amide bonds. The first kappa shape index (κ1) is 25.6. The van der Waals surface area contributed by atoms with Gasteiger partial charge in [0.25, 0.3) is 5.91 Å². The quantitative estimate of drug-likeness (QED) is 0.340. The van der Waals surface area contributed by atoms with Crippen LogP contribution in [0.5, 0.6) is 0 Å². The highest BCUT2D eigenvalue weighted by Crippen LogP contribution is 2.36. The van der Waals surface area contributed by atoms with Gasteiger partial charge in [-0.05, 0) is 91.4 Å². The van der Waals surface area contributed by atoms with Crippen LogP contribution in [0.2, 0.25) is 0 Å². The van der Waals surface area contributed by atoms with Crippen LogP contribution in [0.3, 0.4) is 0 Å². The second-order valence-electron chi connectivity index (χ2n) is 10.9. The van der Waals surface area contributed by atoms with Gasteiger partial charge in [0, 0.05) is 23.7 Å². The van der Waals surface area contributed by atoms with Gasteiger partial charge < -0.3 is 9.30 Å². The lowest BCUT2D eigenvalue weighted by Gasteiger charge is -2.20. The zero-order chi connectivity index (χ0) is 26.2. The summed E-state index contributed by atoms with van der Waals surface area (Å²) in [7, 11) is 0. The van der Waals surface area contributed by atoms with Crippen molar-refractivity contribution in [3.05, 3.63) is 88.1 Å². The van der Waals surface area contributed by atoms with Gasteiger partial charge in [0.2, 0.25) is 0 Å². The zero-order valence-corrected chi connectivity index (χ0v) is 23.1. The summed E-state index contributed by atoms with van der Waals surface area (Å²) in [4.78, 5) is 20.9. The molecule has 2 saturated heterocycles. The molecule has 2 fully saturated rings. The summed E-state index contributed by atoms with van der Waals surface area (Å²) in [6.07, 6.45) is 4.09. The Bertz CT molecular complexity index is 1340. The highest BCUT2D eigenvalue weighted by atomic mass is 32.2. The first-order valence-corrected chi connectivity index (χ1v) is 13.8. The molecule has 3 heterocycles. The molecular formula is C31H35N3O2S. The predicted molar refractivity (Wildman–Crippen MR) is 154 cm³/mol. The van der Waals surface area contributed by atoms with Gasteiger partial charge in [-0.25, -0.2) is 4.99 Å². The molecule has 2 aromatic carbocycles. The average Bonchev–Trinajstić information content (AvgIpc) is 3.55. The molecular weight excluding hydrogens is 478 g/mol. The van der Waals surface area contributed by atoms with Crippen LogP contribution in [0.25, 0.3) is 11.8 Å². The van der Waals surface area contributed by atoms with Gasteiger partial charge in [0.1, 0.15) is 0 Å². The number of aromatic nitrogens is 1. The minimum Gasteiger partial charge on any atom is -0.376 e. The topological polar surface area (TPSA) is 46.8 Å². The molecule has 3 aromatic rings. The Hall–Kier alpha value is -3.09. The van der Waals surface area contributed by atoms with E-state index in [1.165, 1.54) is 17.3 Å².